The van der Waals surface area contributed by atoms with Gasteiger partial charge in [-0.15, -0.1) is 0 Å². The number of furan rings is 1. The van der Waals surface area contributed by atoms with Crippen LogP contribution >= 0.6 is 15.9 Å². The molecule has 0 fully saturated rings. The highest BCUT2D eigenvalue weighted by Crippen LogP contribution is 2.25. The summed E-state index contributed by atoms with van der Waals surface area (Å²) in [5.41, 5.74) is 0.743. The molecule has 3 rings (SSSR count). The number of nitrogens with one attached hydrogen (secondary N) is 1. The van der Waals surface area contributed by atoms with Crippen LogP contribution in [-0.2, 0) is 10.0 Å². The van der Waals surface area contributed by atoms with E-state index in [1.54, 1.807) is 31.2 Å². The van der Waals surface area contributed by atoms with E-state index in [1.165, 1.54) is 0 Å². The summed E-state index contributed by atoms with van der Waals surface area (Å²) >= 11 is 3.29. The van der Waals surface area contributed by atoms with Crippen molar-refractivity contribution >= 4 is 36.9 Å². The summed E-state index contributed by atoms with van der Waals surface area (Å²) in [4.78, 5) is 0.221. The Morgan fingerprint density at radius 3 is 2.45 bits per heavy atom. The summed E-state index contributed by atoms with van der Waals surface area (Å²) in [5.74, 6) is 0.585. The molecule has 0 saturated carbocycles. The first-order valence-corrected chi connectivity index (χ1v) is 9.00. The Labute approximate surface area is 137 Å². The normalized spacial score (nSPS) is 13.4. The molecule has 0 aliphatic heterocycles. The average molecular weight is 380 g/mol. The molecule has 0 unspecified atom stereocenters. The van der Waals surface area contributed by atoms with Crippen LogP contribution in [0.3, 0.4) is 0 Å². The second-order valence-electron chi connectivity index (χ2n) is 4.98. The Morgan fingerprint density at radius 2 is 1.77 bits per heavy atom. The molecule has 1 aromatic heterocycles. The molecule has 0 spiro atoms. The van der Waals surface area contributed by atoms with E-state index in [4.69, 9.17) is 4.42 Å². The standard InChI is InChI=1S/C16H14BrNO3S/c1-11(16-10-12-4-2-3-5-15(12)21-16)18-22(19,20)14-8-6-13(17)7-9-14/h2-11,18H,1H3/t11-/m0/s1. The number of hydrogen-bond acceptors (Lipinski definition) is 3. The highest BCUT2D eigenvalue weighted by atomic mass is 79.9. The molecule has 0 aliphatic rings. The van der Waals surface area contributed by atoms with Crippen LogP contribution in [-0.4, -0.2) is 8.42 Å². The highest BCUT2D eigenvalue weighted by Gasteiger charge is 2.20. The second-order valence-corrected chi connectivity index (χ2v) is 7.61. The number of benzene rings is 2. The average Bonchev–Trinajstić information content (AvgIpc) is 2.91. The first kappa shape index (κ1) is 15.3. The molecule has 1 heterocycles. The van der Waals surface area contributed by atoms with Crippen LogP contribution in [0.1, 0.15) is 18.7 Å². The maximum absolute atomic E-state index is 12.4. The Hall–Kier alpha value is -1.63. The molecule has 1 atom stereocenters. The quantitative estimate of drug-likeness (QED) is 0.737. The van der Waals surface area contributed by atoms with Gasteiger partial charge in [0.1, 0.15) is 11.3 Å². The van der Waals surface area contributed by atoms with Gasteiger partial charge in [0.05, 0.1) is 10.9 Å². The molecule has 2 aromatic carbocycles. The number of para-hydroxylation sites is 1. The lowest BCUT2D eigenvalue weighted by atomic mass is 10.2. The molecule has 1 N–H and O–H groups in total. The predicted molar refractivity (Wildman–Crippen MR) is 89.1 cm³/mol. The molecule has 0 amide bonds. The molecule has 0 saturated heterocycles. The van der Waals surface area contributed by atoms with Crippen LogP contribution in [0.15, 0.2) is 68.4 Å². The Kier molecular flexibility index (Phi) is 4.08. The number of fused-ring (bicyclic) bond motifs is 1. The predicted octanol–water partition coefficient (Wildman–Crippen LogP) is 4.23. The summed E-state index contributed by atoms with van der Waals surface area (Å²) in [6.07, 6.45) is 0. The van der Waals surface area contributed by atoms with Gasteiger partial charge in [0.25, 0.3) is 0 Å². The molecule has 22 heavy (non-hydrogen) atoms. The minimum atomic E-state index is -3.59. The molecule has 4 nitrogen and oxygen atoms in total. The first-order valence-electron chi connectivity index (χ1n) is 6.72. The van der Waals surface area contributed by atoms with Crippen molar-refractivity contribution in [1.82, 2.24) is 4.72 Å². The van der Waals surface area contributed by atoms with Crippen LogP contribution in [0.4, 0.5) is 0 Å². The van der Waals surface area contributed by atoms with Gasteiger partial charge in [0, 0.05) is 9.86 Å². The number of halogens is 1. The minimum absolute atomic E-state index is 0.221. The van der Waals surface area contributed by atoms with Gasteiger partial charge in [0.15, 0.2) is 0 Å². The molecule has 0 radical (unpaired) electrons. The molecule has 114 valence electrons. The zero-order chi connectivity index (χ0) is 15.7. The van der Waals surface area contributed by atoms with Crippen molar-refractivity contribution in [3.05, 3.63) is 64.8 Å². The van der Waals surface area contributed by atoms with E-state index >= 15 is 0 Å². The topological polar surface area (TPSA) is 59.3 Å². The van der Waals surface area contributed by atoms with Gasteiger partial charge in [-0.1, -0.05) is 34.1 Å². The van der Waals surface area contributed by atoms with Crippen LogP contribution in [0, 0.1) is 0 Å². The molecule has 0 aliphatic carbocycles. The van der Waals surface area contributed by atoms with Crippen LogP contribution < -0.4 is 4.72 Å². The van der Waals surface area contributed by atoms with Crippen molar-refractivity contribution in [2.24, 2.45) is 0 Å². The summed E-state index contributed by atoms with van der Waals surface area (Å²) in [5, 5.41) is 0.951. The smallest absolute Gasteiger partial charge is 0.241 e. The van der Waals surface area contributed by atoms with E-state index in [2.05, 4.69) is 20.7 Å². The fourth-order valence-corrected chi connectivity index (χ4v) is 3.66. The van der Waals surface area contributed by atoms with E-state index in [1.807, 2.05) is 30.3 Å². The van der Waals surface area contributed by atoms with Gasteiger partial charge in [0.2, 0.25) is 10.0 Å². The van der Waals surface area contributed by atoms with Gasteiger partial charge < -0.3 is 4.42 Å². The Bertz CT molecular complexity index is 868. The van der Waals surface area contributed by atoms with Crippen molar-refractivity contribution in [3.8, 4) is 0 Å². The number of sulfonamides is 1. The lowest BCUT2D eigenvalue weighted by Crippen LogP contribution is -2.26. The largest absolute Gasteiger partial charge is 0.459 e. The Morgan fingerprint density at radius 1 is 1.09 bits per heavy atom. The van der Waals surface area contributed by atoms with E-state index in [9.17, 15) is 8.42 Å². The summed E-state index contributed by atoms with van der Waals surface area (Å²) in [6, 6.07) is 15.5. The first-order chi connectivity index (χ1) is 10.5. The van der Waals surface area contributed by atoms with E-state index in [0.29, 0.717) is 5.76 Å². The maximum atomic E-state index is 12.4. The third kappa shape index (κ3) is 3.09. The van der Waals surface area contributed by atoms with Gasteiger partial charge >= 0.3 is 0 Å². The third-order valence-electron chi connectivity index (χ3n) is 3.33. The van der Waals surface area contributed by atoms with Crippen molar-refractivity contribution in [3.63, 3.8) is 0 Å². The lowest BCUT2D eigenvalue weighted by molar-refractivity contribution is 0.484. The lowest BCUT2D eigenvalue weighted by Gasteiger charge is -2.12. The van der Waals surface area contributed by atoms with Crippen molar-refractivity contribution in [2.75, 3.05) is 0 Å². The van der Waals surface area contributed by atoms with Crippen LogP contribution in [0.5, 0.6) is 0 Å². The maximum Gasteiger partial charge on any atom is 0.241 e. The number of hydrogen-bond donors (Lipinski definition) is 1. The molecule has 3 aromatic rings. The summed E-state index contributed by atoms with van der Waals surface area (Å²) < 4.78 is 33.9. The summed E-state index contributed by atoms with van der Waals surface area (Å²) in [6.45, 7) is 1.76. The van der Waals surface area contributed by atoms with Gasteiger partial charge in [-0.2, -0.15) is 0 Å². The van der Waals surface area contributed by atoms with Gasteiger partial charge in [-0.25, -0.2) is 13.1 Å². The van der Waals surface area contributed by atoms with Crippen molar-refractivity contribution in [1.29, 1.82) is 0 Å². The second kappa shape index (κ2) is 5.87. The Balaban J connectivity index is 1.86. The summed E-state index contributed by atoms with van der Waals surface area (Å²) in [7, 11) is -3.59. The molecular formula is C16H14BrNO3S. The monoisotopic (exact) mass is 379 g/mol. The fourth-order valence-electron chi connectivity index (χ4n) is 2.19. The zero-order valence-corrected chi connectivity index (χ0v) is 14.2. The van der Waals surface area contributed by atoms with Crippen molar-refractivity contribution in [2.45, 2.75) is 17.9 Å². The van der Waals surface area contributed by atoms with Crippen LogP contribution in [0.25, 0.3) is 11.0 Å². The number of rotatable bonds is 4. The molecule has 0 bridgehead atoms. The van der Waals surface area contributed by atoms with Gasteiger partial charge in [-0.05, 0) is 43.3 Å². The van der Waals surface area contributed by atoms with Crippen molar-refractivity contribution < 1.29 is 12.8 Å². The minimum Gasteiger partial charge on any atom is -0.459 e. The third-order valence-corrected chi connectivity index (χ3v) is 5.41. The van der Waals surface area contributed by atoms with E-state index < -0.39 is 16.1 Å². The molecule has 6 heteroatoms. The zero-order valence-electron chi connectivity index (χ0n) is 11.8. The fraction of sp³-hybridized carbons (Fsp3) is 0.125. The SMILES string of the molecule is C[C@H](NS(=O)(=O)c1ccc(Br)cc1)c1cc2ccccc2o1. The van der Waals surface area contributed by atoms with Gasteiger partial charge in [-0.3, -0.25) is 0 Å². The van der Waals surface area contributed by atoms with E-state index in [0.717, 1.165) is 15.4 Å². The highest BCUT2D eigenvalue weighted by molar-refractivity contribution is 9.10. The van der Waals surface area contributed by atoms with Crippen LogP contribution in [0.2, 0.25) is 0 Å². The molecular weight excluding hydrogens is 366 g/mol. The van der Waals surface area contributed by atoms with E-state index in [-0.39, 0.29) is 4.90 Å².